The normalized spacial score (nSPS) is 13.4. The minimum atomic E-state index is 0.192. The maximum Gasteiger partial charge on any atom is 0.140 e. The highest BCUT2D eigenvalue weighted by molar-refractivity contribution is 4.84. The highest BCUT2D eigenvalue weighted by Gasteiger charge is 2.08. The van der Waals surface area contributed by atoms with Crippen molar-refractivity contribution < 1.29 is 0 Å². The van der Waals surface area contributed by atoms with E-state index in [1.54, 1.807) is 6.33 Å². The first-order valence-electron chi connectivity index (χ1n) is 5.44. The van der Waals surface area contributed by atoms with E-state index in [1.807, 2.05) is 18.7 Å². The molecule has 0 amide bonds. The van der Waals surface area contributed by atoms with E-state index in [0.717, 1.165) is 31.9 Å². The van der Waals surface area contributed by atoms with Crippen molar-refractivity contribution in [2.24, 2.45) is 5.73 Å². The maximum atomic E-state index is 5.73. The molecule has 1 aromatic heterocycles. The lowest BCUT2D eigenvalue weighted by molar-refractivity contribution is 0.295. The Morgan fingerprint density at radius 3 is 2.93 bits per heavy atom. The maximum absolute atomic E-state index is 5.73. The Morgan fingerprint density at radius 2 is 2.33 bits per heavy atom. The lowest BCUT2D eigenvalue weighted by Crippen LogP contribution is -2.33. The second-order valence-electron chi connectivity index (χ2n) is 4.07. The highest BCUT2D eigenvalue weighted by atomic mass is 15.3. The van der Waals surface area contributed by atoms with E-state index >= 15 is 0 Å². The van der Waals surface area contributed by atoms with Crippen molar-refractivity contribution in [3.8, 4) is 0 Å². The monoisotopic (exact) mass is 211 g/mol. The summed E-state index contributed by atoms with van der Waals surface area (Å²) in [6, 6.07) is 0.192. The molecule has 15 heavy (non-hydrogen) atoms. The number of hydrogen-bond donors (Lipinski definition) is 1. The van der Waals surface area contributed by atoms with Gasteiger partial charge in [0.25, 0.3) is 0 Å². The van der Waals surface area contributed by atoms with Crippen molar-refractivity contribution in [1.82, 2.24) is 19.7 Å². The fourth-order valence-electron chi connectivity index (χ4n) is 1.61. The average molecular weight is 211 g/mol. The predicted octanol–water partition coefficient (Wildman–Crippen LogP) is 0.467. The van der Waals surface area contributed by atoms with Crippen LogP contribution in [0.2, 0.25) is 0 Å². The van der Waals surface area contributed by atoms with E-state index in [-0.39, 0.29) is 6.04 Å². The third kappa shape index (κ3) is 3.97. The number of likely N-dealkylation sites (N-methyl/N-ethyl adjacent to an activating group) is 1. The van der Waals surface area contributed by atoms with Gasteiger partial charge in [-0.15, -0.1) is 0 Å². The first kappa shape index (κ1) is 12.1. The first-order valence-corrected chi connectivity index (χ1v) is 5.44. The Kier molecular flexibility index (Phi) is 4.71. The number of aryl methyl sites for hydroxylation is 1. The Balaban J connectivity index is 2.51. The van der Waals surface area contributed by atoms with Crippen LogP contribution in [0.1, 0.15) is 26.1 Å². The standard InChI is InChI=1S/C10H21N5/c1-4-5-15-10(12-8-13-15)7-14(3)6-9(2)11/h8-9H,4-7,11H2,1-3H3. The van der Waals surface area contributed by atoms with Gasteiger partial charge in [0.1, 0.15) is 12.2 Å². The first-order chi connectivity index (χ1) is 7.13. The number of nitrogens with two attached hydrogens (primary N) is 1. The molecule has 86 valence electrons. The molecule has 1 aromatic rings. The number of nitrogens with zero attached hydrogens (tertiary/aromatic N) is 4. The van der Waals surface area contributed by atoms with Gasteiger partial charge in [0.05, 0.1) is 6.54 Å². The molecule has 5 nitrogen and oxygen atoms in total. The smallest absolute Gasteiger partial charge is 0.140 e. The predicted molar refractivity (Wildman–Crippen MR) is 60.3 cm³/mol. The van der Waals surface area contributed by atoms with Crippen molar-refractivity contribution in [3.05, 3.63) is 12.2 Å². The molecule has 5 heteroatoms. The molecule has 0 bridgehead atoms. The van der Waals surface area contributed by atoms with Crippen molar-refractivity contribution >= 4 is 0 Å². The number of rotatable bonds is 6. The van der Waals surface area contributed by atoms with E-state index in [4.69, 9.17) is 5.73 Å². The molecule has 1 rings (SSSR count). The van der Waals surface area contributed by atoms with Gasteiger partial charge in [-0.25, -0.2) is 9.67 Å². The van der Waals surface area contributed by atoms with Crippen LogP contribution in [0.3, 0.4) is 0 Å². The topological polar surface area (TPSA) is 60.0 Å². The molecule has 1 heterocycles. The van der Waals surface area contributed by atoms with Gasteiger partial charge in [-0.3, -0.25) is 4.90 Å². The fourth-order valence-corrected chi connectivity index (χ4v) is 1.61. The summed E-state index contributed by atoms with van der Waals surface area (Å²) < 4.78 is 1.96. The van der Waals surface area contributed by atoms with E-state index in [1.165, 1.54) is 0 Å². The Labute approximate surface area is 91.3 Å². The summed E-state index contributed by atoms with van der Waals surface area (Å²) in [7, 11) is 2.05. The molecule has 0 fully saturated rings. The largest absolute Gasteiger partial charge is 0.327 e. The van der Waals surface area contributed by atoms with Crippen molar-refractivity contribution in [2.45, 2.75) is 39.4 Å². The van der Waals surface area contributed by atoms with Gasteiger partial charge in [-0.1, -0.05) is 6.92 Å². The van der Waals surface area contributed by atoms with Crippen LogP contribution >= 0.6 is 0 Å². The van der Waals surface area contributed by atoms with Gasteiger partial charge in [-0.05, 0) is 20.4 Å². The van der Waals surface area contributed by atoms with Crippen LogP contribution in [-0.2, 0) is 13.1 Å². The second kappa shape index (κ2) is 5.82. The van der Waals surface area contributed by atoms with Crippen LogP contribution in [0, 0.1) is 0 Å². The van der Waals surface area contributed by atoms with Crippen molar-refractivity contribution in [3.63, 3.8) is 0 Å². The molecular formula is C10H21N5. The van der Waals surface area contributed by atoms with Crippen LogP contribution in [-0.4, -0.2) is 39.3 Å². The molecule has 0 radical (unpaired) electrons. The summed E-state index contributed by atoms with van der Waals surface area (Å²) in [5.74, 6) is 1.01. The van der Waals surface area contributed by atoms with Gasteiger partial charge in [0, 0.05) is 19.1 Å². The molecular weight excluding hydrogens is 190 g/mol. The second-order valence-corrected chi connectivity index (χ2v) is 4.07. The molecule has 0 spiro atoms. The third-order valence-electron chi connectivity index (χ3n) is 2.14. The van der Waals surface area contributed by atoms with Gasteiger partial charge in [0.15, 0.2) is 0 Å². The molecule has 2 N–H and O–H groups in total. The zero-order chi connectivity index (χ0) is 11.3. The molecule has 1 unspecified atom stereocenters. The van der Waals surface area contributed by atoms with Crippen molar-refractivity contribution in [1.29, 1.82) is 0 Å². The molecule has 0 aromatic carbocycles. The van der Waals surface area contributed by atoms with Gasteiger partial charge >= 0.3 is 0 Å². The lowest BCUT2D eigenvalue weighted by Gasteiger charge is -2.18. The van der Waals surface area contributed by atoms with Gasteiger partial charge in [-0.2, -0.15) is 5.10 Å². The van der Waals surface area contributed by atoms with Crippen LogP contribution < -0.4 is 5.73 Å². The van der Waals surface area contributed by atoms with Crippen LogP contribution in [0.4, 0.5) is 0 Å². The fraction of sp³-hybridized carbons (Fsp3) is 0.800. The Morgan fingerprint density at radius 1 is 1.60 bits per heavy atom. The summed E-state index contributed by atoms with van der Waals surface area (Å²) in [4.78, 5) is 6.42. The summed E-state index contributed by atoms with van der Waals surface area (Å²) >= 11 is 0. The van der Waals surface area contributed by atoms with Crippen LogP contribution in [0.5, 0.6) is 0 Å². The van der Waals surface area contributed by atoms with E-state index in [2.05, 4.69) is 21.9 Å². The summed E-state index contributed by atoms with van der Waals surface area (Å²) in [5.41, 5.74) is 5.73. The molecule has 0 aliphatic carbocycles. The third-order valence-corrected chi connectivity index (χ3v) is 2.14. The number of hydrogen-bond acceptors (Lipinski definition) is 4. The average Bonchev–Trinajstić information content (AvgIpc) is 2.52. The Bertz CT molecular complexity index is 281. The summed E-state index contributed by atoms with van der Waals surface area (Å²) in [6.45, 7) is 6.76. The molecule has 0 saturated carbocycles. The summed E-state index contributed by atoms with van der Waals surface area (Å²) in [5, 5.41) is 4.19. The Hall–Kier alpha value is -0.940. The highest BCUT2D eigenvalue weighted by Crippen LogP contribution is 2.00. The van der Waals surface area contributed by atoms with Crippen LogP contribution in [0.15, 0.2) is 6.33 Å². The quantitative estimate of drug-likeness (QED) is 0.743. The molecule has 0 aliphatic heterocycles. The van der Waals surface area contributed by atoms with Crippen LogP contribution in [0.25, 0.3) is 0 Å². The van der Waals surface area contributed by atoms with Crippen molar-refractivity contribution in [2.75, 3.05) is 13.6 Å². The lowest BCUT2D eigenvalue weighted by atomic mass is 10.3. The van der Waals surface area contributed by atoms with E-state index in [0.29, 0.717) is 0 Å². The SMILES string of the molecule is CCCn1ncnc1CN(C)CC(C)N. The molecule has 0 saturated heterocycles. The number of aromatic nitrogens is 3. The summed E-state index contributed by atoms with van der Waals surface area (Å²) in [6.07, 6.45) is 2.69. The minimum Gasteiger partial charge on any atom is -0.327 e. The molecule has 1 atom stereocenters. The minimum absolute atomic E-state index is 0.192. The van der Waals surface area contributed by atoms with Gasteiger partial charge in [0.2, 0.25) is 0 Å². The zero-order valence-corrected chi connectivity index (χ0v) is 9.85. The van der Waals surface area contributed by atoms with E-state index in [9.17, 15) is 0 Å². The molecule has 0 aliphatic rings. The van der Waals surface area contributed by atoms with Gasteiger partial charge < -0.3 is 5.73 Å². The zero-order valence-electron chi connectivity index (χ0n) is 9.85. The van der Waals surface area contributed by atoms with E-state index < -0.39 is 0 Å².